The molecule has 17 heavy (non-hydrogen) atoms. The maximum Gasteiger partial charge on any atom is 0.268 e. The van der Waals surface area contributed by atoms with Gasteiger partial charge in [-0.2, -0.15) is 5.26 Å². The Labute approximate surface area is 98.5 Å². The second-order valence-electron chi connectivity index (χ2n) is 3.62. The molecule has 1 aromatic rings. The summed E-state index contributed by atoms with van der Waals surface area (Å²) in [5.41, 5.74) is 0.501. The number of aliphatic hydroxyl groups is 1. The number of hydrogen-bond acceptors (Lipinski definition) is 5. The highest BCUT2D eigenvalue weighted by Gasteiger charge is 2.13. The lowest BCUT2D eigenvalue weighted by Gasteiger charge is -2.09. The minimum atomic E-state index is -0.574. The zero-order chi connectivity index (χ0) is 12.8. The lowest BCUT2D eigenvalue weighted by Crippen LogP contribution is -2.22. The van der Waals surface area contributed by atoms with Gasteiger partial charge in [-0.05, 0) is 25.5 Å². The topological polar surface area (TPSA) is 109 Å². The molecule has 0 saturated carbocycles. The van der Waals surface area contributed by atoms with Crippen molar-refractivity contribution in [3.63, 3.8) is 0 Å². The number of hydrogen-bond donors (Lipinski definition) is 4. The Morgan fingerprint density at radius 3 is 2.76 bits per heavy atom. The molecule has 0 aliphatic heterocycles. The van der Waals surface area contributed by atoms with Crippen LogP contribution in [0.5, 0.6) is 5.88 Å². The molecule has 0 fully saturated rings. The predicted molar refractivity (Wildman–Crippen MR) is 61.8 cm³/mol. The van der Waals surface area contributed by atoms with Gasteiger partial charge < -0.3 is 15.5 Å². The number of nitrogens with one attached hydrogen (secondary N) is 2. The summed E-state index contributed by atoms with van der Waals surface area (Å²) in [5, 5.41) is 30.0. The third kappa shape index (κ3) is 3.06. The highest BCUT2D eigenvalue weighted by molar-refractivity contribution is 5.44. The van der Waals surface area contributed by atoms with Crippen molar-refractivity contribution in [1.82, 2.24) is 10.3 Å². The number of rotatable bonds is 5. The van der Waals surface area contributed by atoms with Crippen molar-refractivity contribution in [2.45, 2.75) is 13.3 Å². The number of aromatic hydroxyl groups is 1. The molecular weight excluding hydrogens is 222 g/mol. The van der Waals surface area contributed by atoms with Crippen LogP contribution in [-0.2, 0) is 6.42 Å². The van der Waals surface area contributed by atoms with E-state index in [0.717, 1.165) is 0 Å². The Balaban J connectivity index is 2.92. The van der Waals surface area contributed by atoms with Crippen LogP contribution in [0.25, 0.3) is 0 Å². The van der Waals surface area contributed by atoms with Crippen LogP contribution in [-0.4, -0.2) is 34.9 Å². The standard InChI is InChI=1S/C11H15N3O3/c1-7-8(2-3-13-4-5-15)10(16)14-11(17)9(7)6-12/h13,15H,2-5H2,1H3,(H2,14,16,17). The lowest BCUT2D eigenvalue weighted by atomic mass is 10.0. The predicted octanol–water partition coefficient (Wildman–Crippen LogP) is -0.615. The molecule has 0 aliphatic rings. The second-order valence-corrected chi connectivity index (χ2v) is 3.62. The van der Waals surface area contributed by atoms with Crippen molar-refractivity contribution in [3.8, 4) is 11.9 Å². The Kier molecular flexibility index (Phi) is 4.69. The van der Waals surface area contributed by atoms with E-state index in [9.17, 15) is 9.90 Å². The van der Waals surface area contributed by atoms with Crippen LogP contribution < -0.4 is 10.9 Å². The van der Waals surface area contributed by atoms with E-state index in [1.54, 1.807) is 6.92 Å². The molecular formula is C11H15N3O3. The van der Waals surface area contributed by atoms with Gasteiger partial charge in [-0.1, -0.05) is 0 Å². The number of aromatic nitrogens is 1. The van der Waals surface area contributed by atoms with E-state index in [4.69, 9.17) is 10.4 Å². The molecule has 0 spiro atoms. The zero-order valence-electron chi connectivity index (χ0n) is 9.58. The maximum atomic E-state index is 11.3. The number of pyridine rings is 1. The summed E-state index contributed by atoms with van der Waals surface area (Å²) in [5.74, 6) is -0.197. The molecule has 1 aromatic heterocycles. The smallest absolute Gasteiger partial charge is 0.268 e. The van der Waals surface area contributed by atoms with Gasteiger partial charge in [-0.15, -0.1) is 0 Å². The van der Waals surface area contributed by atoms with Crippen molar-refractivity contribution in [1.29, 1.82) is 5.26 Å². The Hall–Kier alpha value is -1.84. The van der Waals surface area contributed by atoms with Crippen LogP contribution >= 0.6 is 0 Å². The van der Waals surface area contributed by atoms with E-state index >= 15 is 0 Å². The van der Waals surface area contributed by atoms with Gasteiger partial charge in [0, 0.05) is 12.1 Å². The molecule has 0 aromatic carbocycles. The first-order chi connectivity index (χ1) is 8.11. The van der Waals surface area contributed by atoms with E-state index in [-0.39, 0.29) is 18.1 Å². The fraction of sp³-hybridized carbons (Fsp3) is 0.455. The number of aliphatic hydroxyl groups excluding tert-OH is 1. The van der Waals surface area contributed by atoms with Crippen LogP contribution in [0.4, 0.5) is 0 Å². The molecule has 1 rings (SSSR count). The Morgan fingerprint density at radius 1 is 1.47 bits per heavy atom. The number of aromatic amines is 1. The van der Waals surface area contributed by atoms with Gasteiger partial charge in [0.15, 0.2) is 5.88 Å². The molecule has 0 radical (unpaired) electrons. The average molecular weight is 237 g/mol. The molecule has 4 N–H and O–H groups in total. The lowest BCUT2D eigenvalue weighted by molar-refractivity contribution is 0.292. The minimum absolute atomic E-state index is 0.0277. The second kappa shape index (κ2) is 6.03. The highest BCUT2D eigenvalue weighted by Crippen LogP contribution is 2.18. The van der Waals surface area contributed by atoms with Gasteiger partial charge >= 0.3 is 0 Å². The SMILES string of the molecule is Cc1c(CCNCCO)c(O)[nH]c(=O)c1C#N. The molecule has 92 valence electrons. The fourth-order valence-corrected chi connectivity index (χ4v) is 1.60. The van der Waals surface area contributed by atoms with Crippen molar-refractivity contribution < 1.29 is 10.2 Å². The summed E-state index contributed by atoms with van der Waals surface area (Å²) in [6, 6.07) is 1.82. The van der Waals surface area contributed by atoms with Crippen LogP contribution in [0.1, 0.15) is 16.7 Å². The number of nitriles is 1. The Bertz CT molecular complexity index is 488. The van der Waals surface area contributed by atoms with E-state index in [2.05, 4.69) is 10.3 Å². The molecule has 0 amide bonds. The molecule has 6 heteroatoms. The van der Waals surface area contributed by atoms with Crippen molar-refractivity contribution >= 4 is 0 Å². The van der Waals surface area contributed by atoms with Crippen molar-refractivity contribution in [3.05, 3.63) is 27.0 Å². The Morgan fingerprint density at radius 2 is 2.18 bits per heavy atom. The van der Waals surface area contributed by atoms with Crippen molar-refractivity contribution in [2.24, 2.45) is 0 Å². The van der Waals surface area contributed by atoms with Crippen LogP contribution in [0.2, 0.25) is 0 Å². The third-order valence-electron chi connectivity index (χ3n) is 2.52. The first-order valence-electron chi connectivity index (χ1n) is 5.28. The average Bonchev–Trinajstić information content (AvgIpc) is 2.28. The summed E-state index contributed by atoms with van der Waals surface area (Å²) in [7, 11) is 0. The first-order valence-corrected chi connectivity index (χ1v) is 5.28. The van der Waals surface area contributed by atoms with Gasteiger partial charge in [-0.3, -0.25) is 9.78 Å². The molecule has 6 nitrogen and oxygen atoms in total. The van der Waals surface area contributed by atoms with E-state index in [1.165, 1.54) is 0 Å². The molecule has 1 heterocycles. The third-order valence-corrected chi connectivity index (χ3v) is 2.52. The molecule has 0 unspecified atom stereocenters. The van der Waals surface area contributed by atoms with Crippen molar-refractivity contribution in [2.75, 3.05) is 19.7 Å². The van der Waals surface area contributed by atoms with Gasteiger partial charge in [0.25, 0.3) is 5.56 Å². The molecule has 0 saturated heterocycles. The van der Waals surface area contributed by atoms with Crippen LogP contribution in [0.15, 0.2) is 4.79 Å². The minimum Gasteiger partial charge on any atom is -0.494 e. The molecule has 0 bridgehead atoms. The number of H-pyrrole nitrogens is 1. The van der Waals surface area contributed by atoms with Gasteiger partial charge in [0.1, 0.15) is 11.6 Å². The molecule has 0 atom stereocenters. The maximum absolute atomic E-state index is 11.3. The summed E-state index contributed by atoms with van der Waals surface area (Å²) >= 11 is 0. The summed E-state index contributed by atoms with van der Waals surface area (Å²) in [4.78, 5) is 13.6. The summed E-state index contributed by atoms with van der Waals surface area (Å²) < 4.78 is 0. The normalized spacial score (nSPS) is 10.2. The zero-order valence-corrected chi connectivity index (χ0v) is 9.58. The van der Waals surface area contributed by atoms with Crippen LogP contribution in [0.3, 0.4) is 0 Å². The largest absolute Gasteiger partial charge is 0.494 e. The summed E-state index contributed by atoms with van der Waals surface area (Å²) in [6.07, 6.45) is 0.475. The van der Waals surface area contributed by atoms with E-state index in [0.29, 0.717) is 30.6 Å². The highest BCUT2D eigenvalue weighted by atomic mass is 16.3. The van der Waals surface area contributed by atoms with E-state index in [1.807, 2.05) is 6.07 Å². The molecule has 0 aliphatic carbocycles. The fourth-order valence-electron chi connectivity index (χ4n) is 1.60. The van der Waals surface area contributed by atoms with Gasteiger partial charge in [0.05, 0.1) is 6.61 Å². The van der Waals surface area contributed by atoms with Gasteiger partial charge in [-0.25, -0.2) is 0 Å². The first kappa shape index (κ1) is 13.2. The quantitative estimate of drug-likeness (QED) is 0.510. The summed E-state index contributed by atoms with van der Waals surface area (Å²) in [6.45, 7) is 2.69. The number of nitrogens with zero attached hydrogens (tertiary/aromatic N) is 1. The van der Waals surface area contributed by atoms with Gasteiger partial charge in [0.2, 0.25) is 0 Å². The van der Waals surface area contributed by atoms with E-state index < -0.39 is 5.56 Å². The van der Waals surface area contributed by atoms with Crippen LogP contribution in [0, 0.1) is 18.3 Å². The monoisotopic (exact) mass is 237 g/mol.